The number of carbonyl (C=O) groups excluding carboxylic acids is 2. The summed E-state index contributed by atoms with van der Waals surface area (Å²) in [6.07, 6.45) is 1.47. The molecule has 32 heavy (non-hydrogen) atoms. The standard InChI is InChI=1S/C22H22ClN5O3S/c1-27-19(13-31-18-10-4-15(23)5-11-18)25-26-22(27)32-14-20(29)24-16-6-8-17(9-7-16)28-12-2-3-21(28)30/h4-11H,2-3,12-14H2,1H3,(H,24,29). The van der Waals surface area contributed by atoms with E-state index in [-0.39, 0.29) is 24.2 Å². The van der Waals surface area contributed by atoms with Crippen molar-refractivity contribution < 1.29 is 14.3 Å². The molecule has 2 amide bonds. The highest BCUT2D eigenvalue weighted by atomic mass is 35.5. The summed E-state index contributed by atoms with van der Waals surface area (Å²) in [5, 5.41) is 12.4. The van der Waals surface area contributed by atoms with Gasteiger partial charge in [-0.25, -0.2) is 0 Å². The van der Waals surface area contributed by atoms with Gasteiger partial charge in [0.15, 0.2) is 11.0 Å². The third kappa shape index (κ3) is 5.41. The predicted octanol–water partition coefficient (Wildman–Crippen LogP) is 3.91. The molecule has 0 radical (unpaired) electrons. The van der Waals surface area contributed by atoms with Crippen molar-refractivity contribution in [2.75, 3.05) is 22.5 Å². The number of amides is 2. The van der Waals surface area contributed by atoms with E-state index in [1.807, 2.05) is 19.2 Å². The molecule has 4 rings (SSSR count). The van der Waals surface area contributed by atoms with Crippen molar-refractivity contribution in [1.82, 2.24) is 14.8 Å². The van der Waals surface area contributed by atoms with Gasteiger partial charge in [-0.1, -0.05) is 23.4 Å². The number of nitrogens with zero attached hydrogens (tertiary/aromatic N) is 4. The Morgan fingerprint density at radius 1 is 1.16 bits per heavy atom. The van der Waals surface area contributed by atoms with E-state index in [9.17, 15) is 9.59 Å². The summed E-state index contributed by atoms with van der Waals surface area (Å²) in [7, 11) is 1.83. The van der Waals surface area contributed by atoms with Gasteiger partial charge in [-0.05, 0) is 55.0 Å². The van der Waals surface area contributed by atoms with Gasteiger partial charge in [0.05, 0.1) is 5.75 Å². The van der Waals surface area contributed by atoms with Crippen molar-refractivity contribution in [3.63, 3.8) is 0 Å². The third-order valence-corrected chi connectivity index (χ3v) is 6.25. The monoisotopic (exact) mass is 471 g/mol. The van der Waals surface area contributed by atoms with E-state index in [4.69, 9.17) is 16.3 Å². The summed E-state index contributed by atoms with van der Waals surface area (Å²) in [5.41, 5.74) is 1.54. The summed E-state index contributed by atoms with van der Waals surface area (Å²) < 4.78 is 7.51. The highest BCUT2D eigenvalue weighted by Crippen LogP contribution is 2.24. The van der Waals surface area contributed by atoms with Crippen molar-refractivity contribution in [2.24, 2.45) is 7.05 Å². The minimum absolute atomic E-state index is 0.139. The molecule has 0 bridgehead atoms. The molecule has 10 heteroatoms. The minimum Gasteiger partial charge on any atom is -0.486 e. The zero-order valence-electron chi connectivity index (χ0n) is 17.5. The van der Waals surface area contributed by atoms with Crippen LogP contribution in [-0.4, -0.2) is 38.9 Å². The molecule has 1 aromatic heterocycles. The third-order valence-electron chi connectivity index (χ3n) is 4.98. The average Bonchev–Trinajstić information content (AvgIpc) is 3.38. The fraction of sp³-hybridized carbons (Fsp3) is 0.273. The number of carbonyl (C=O) groups is 2. The lowest BCUT2D eigenvalue weighted by atomic mass is 10.2. The van der Waals surface area contributed by atoms with Gasteiger partial charge in [-0.2, -0.15) is 0 Å². The molecule has 2 heterocycles. The van der Waals surface area contributed by atoms with Gasteiger partial charge in [-0.3, -0.25) is 9.59 Å². The fourth-order valence-electron chi connectivity index (χ4n) is 3.25. The Labute approximate surface area is 194 Å². The van der Waals surface area contributed by atoms with E-state index in [0.717, 1.165) is 18.7 Å². The van der Waals surface area contributed by atoms with Crippen LogP contribution < -0.4 is 15.0 Å². The first kappa shape index (κ1) is 22.2. The molecular weight excluding hydrogens is 450 g/mol. The molecule has 1 N–H and O–H groups in total. The normalized spacial score (nSPS) is 13.4. The number of anilines is 2. The molecule has 2 aromatic carbocycles. The second-order valence-electron chi connectivity index (χ2n) is 7.23. The fourth-order valence-corrected chi connectivity index (χ4v) is 4.10. The molecule has 3 aromatic rings. The maximum Gasteiger partial charge on any atom is 0.234 e. The number of nitrogens with one attached hydrogen (secondary N) is 1. The molecule has 1 saturated heterocycles. The lowest BCUT2D eigenvalue weighted by Crippen LogP contribution is -2.23. The number of hydrogen-bond acceptors (Lipinski definition) is 6. The lowest BCUT2D eigenvalue weighted by Gasteiger charge is -2.16. The molecule has 1 aliphatic heterocycles. The van der Waals surface area contributed by atoms with Crippen LogP contribution in [0.3, 0.4) is 0 Å². The predicted molar refractivity (Wildman–Crippen MR) is 124 cm³/mol. The van der Waals surface area contributed by atoms with Crippen molar-refractivity contribution in [3.05, 3.63) is 59.4 Å². The van der Waals surface area contributed by atoms with Crippen molar-refractivity contribution in [2.45, 2.75) is 24.6 Å². The van der Waals surface area contributed by atoms with Crippen molar-refractivity contribution in [1.29, 1.82) is 0 Å². The van der Waals surface area contributed by atoms with Crippen LogP contribution in [0, 0.1) is 0 Å². The maximum absolute atomic E-state index is 12.3. The number of hydrogen-bond donors (Lipinski definition) is 1. The molecule has 0 spiro atoms. The van der Waals surface area contributed by atoms with Crippen molar-refractivity contribution in [3.8, 4) is 5.75 Å². The first-order valence-electron chi connectivity index (χ1n) is 10.1. The molecule has 0 atom stereocenters. The van der Waals surface area contributed by atoms with Gasteiger partial charge in [0, 0.05) is 36.4 Å². The van der Waals surface area contributed by atoms with Gasteiger partial charge in [-0.15, -0.1) is 10.2 Å². The van der Waals surface area contributed by atoms with Crippen LogP contribution in [-0.2, 0) is 23.2 Å². The molecule has 0 unspecified atom stereocenters. The average molecular weight is 472 g/mol. The SMILES string of the molecule is Cn1c(COc2ccc(Cl)cc2)nnc1SCC(=O)Nc1ccc(N2CCCC2=O)cc1. The van der Waals surface area contributed by atoms with Gasteiger partial charge in [0.2, 0.25) is 11.8 Å². The summed E-state index contributed by atoms with van der Waals surface area (Å²) in [6, 6.07) is 14.4. The first-order chi connectivity index (χ1) is 15.5. The Kier molecular flexibility index (Phi) is 6.96. The smallest absolute Gasteiger partial charge is 0.234 e. The molecule has 1 fully saturated rings. The molecule has 8 nitrogen and oxygen atoms in total. The highest BCUT2D eigenvalue weighted by Gasteiger charge is 2.21. The number of aromatic nitrogens is 3. The quantitative estimate of drug-likeness (QED) is 0.501. The Balaban J connectivity index is 1.26. The zero-order chi connectivity index (χ0) is 22.5. The van der Waals surface area contributed by atoms with Crippen molar-refractivity contribution >= 4 is 46.6 Å². The number of thioether (sulfide) groups is 1. The summed E-state index contributed by atoms with van der Waals surface area (Å²) in [6.45, 7) is 0.995. The van der Waals surface area contributed by atoms with Gasteiger partial charge >= 0.3 is 0 Å². The van der Waals surface area contributed by atoms with Crippen LogP contribution in [0.5, 0.6) is 5.75 Å². The van der Waals surface area contributed by atoms with Gasteiger partial charge in [0.25, 0.3) is 0 Å². The summed E-state index contributed by atoms with van der Waals surface area (Å²) in [4.78, 5) is 26.0. The van der Waals surface area contributed by atoms with E-state index in [1.165, 1.54) is 11.8 Å². The largest absolute Gasteiger partial charge is 0.486 e. The van der Waals surface area contributed by atoms with Gasteiger partial charge < -0.3 is 19.5 Å². The van der Waals surface area contributed by atoms with Crippen LogP contribution in [0.1, 0.15) is 18.7 Å². The van der Waals surface area contributed by atoms with E-state index in [1.54, 1.807) is 45.9 Å². The summed E-state index contributed by atoms with van der Waals surface area (Å²) in [5.74, 6) is 1.51. The first-order valence-corrected chi connectivity index (χ1v) is 11.5. The number of benzene rings is 2. The van der Waals surface area contributed by atoms with E-state index >= 15 is 0 Å². The van der Waals surface area contributed by atoms with E-state index in [2.05, 4.69) is 15.5 Å². The van der Waals surface area contributed by atoms with Crippen LogP contribution >= 0.6 is 23.4 Å². The Hall–Kier alpha value is -3.04. The molecule has 166 valence electrons. The molecule has 0 aliphatic carbocycles. The van der Waals surface area contributed by atoms with E-state index < -0.39 is 0 Å². The van der Waals surface area contributed by atoms with Crippen LogP contribution in [0.25, 0.3) is 0 Å². The van der Waals surface area contributed by atoms with E-state index in [0.29, 0.717) is 33.9 Å². The number of rotatable bonds is 8. The van der Waals surface area contributed by atoms with Gasteiger partial charge in [0.1, 0.15) is 12.4 Å². The maximum atomic E-state index is 12.3. The highest BCUT2D eigenvalue weighted by molar-refractivity contribution is 7.99. The van der Waals surface area contributed by atoms with Crippen LogP contribution in [0.4, 0.5) is 11.4 Å². The molecular formula is C22H22ClN5O3S. The summed E-state index contributed by atoms with van der Waals surface area (Å²) >= 11 is 7.17. The lowest BCUT2D eigenvalue weighted by molar-refractivity contribution is -0.117. The Morgan fingerprint density at radius 3 is 2.59 bits per heavy atom. The second-order valence-corrected chi connectivity index (χ2v) is 8.61. The Bertz CT molecular complexity index is 1100. The zero-order valence-corrected chi connectivity index (χ0v) is 19.0. The molecule has 0 saturated carbocycles. The topological polar surface area (TPSA) is 89.3 Å². The Morgan fingerprint density at radius 2 is 1.91 bits per heavy atom. The number of halogens is 1. The minimum atomic E-state index is -0.151. The van der Waals surface area contributed by atoms with Crippen LogP contribution in [0.15, 0.2) is 53.7 Å². The van der Waals surface area contributed by atoms with Crippen LogP contribution in [0.2, 0.25) is 5.02 Å². The second kappa shape index (κ2) is 10.1. The number of ether oxygens (including phenoxy) is 1. The molecule has 1 aliphatic rings.